The molecule has 0 aliphatic carbocycles. The summed E-state index contributed by atoms with van der Waals surface area (Å²) in [5.74, 6) is -1.03. The van der Waals surface area contributed by atoms with Gasteiger partial charge in [-0.05, 0) is 27.2 Å². The molecule has 0 aromatic carbocycles. The lowest BCUT2D eigenvalue weighted by Gasteiger charge is -2.06. The molecule has 0 heterocycles. The molecule has 0 fully saturated rings. The van der Waals surface area contributed by atoms with E-state index in [-0.39, 0.29) is 0 Å². The number of esters is 2. The third-order valence-electron chi connectivity index (χ3n) is 2.24. The van der Waals surface area contributed by atoms with E-state index in [0.717, 1.165) is 12.8 Å². The van der Waals surface area contributed by atoms with E-state index < -0.39 is 18.2 Å². The smallest absolute Gasteiger partial charge is 0.336 e. The molecule has 0 aliphatic heterocycles. The molecule has 0 spiro atoms. The Labute approximate surface area is 113 Å². The Morgan fingerprint density at radius 1 is 1.16 bits per heavy atom. The van der Waals surface area contributed by atoms with Crippen LogP contribution in [0.1, 0.15) is 40.5 Å². The standard InChI is InChI=1S/C14H22O5/c1-5-6-9-18-13(16)10(2)7-8-11(3)14(17)19-12(4)15/h7-8,12,15H,5-6,9H2,1-4H3/b10-7+,11-8+. The summed E-state index contributed by atoms with van der Waals surface area (Å²) >= 11 is 0. The molecule has 0 bridgehead atoms. The Bertz CT molecular complexity index is 366. The van der Waals surface area contributed by atoms with Gasteiger partial charge in [-0.2, -0.15) is 0 Å². The van der Waals surface area contributed by atoms with Gasteiger partial charge in [-0.3, -0.25) is 0 Å². The van der Waals surface area contributed by atoms with E-state index in [0.29, 0.717) is 17.8 Å². The monoisotopic (exact) mass is 270 g/mol. The van der Waals surface area contributed by atoms with Gasteiger partial charge in [0.2, 0.25) is 0 Å². The molecule has 0 aliphatic rings. The van der Waals surface area contributed by atoms with E-state index in [9.17, 15) is 9.59 Å². The molecular formula is C14H22O5. The zero-order chi connectivity index (χ0) is 14.8. The van der Waals surface area contributed by atoms with E-state index in [1.54, 1.807) is 6.92 Å². The van der Waals surface area contributed by atoms with Crippen molar-refractivity contribution in [2.75, 3.05) is 6.61 Å². The van der Waals surface area contributed by atoms with Crippen LogP contribution in [0.4, 0.5) is 0 Å². The van der Waals surface area contributed by atoms with Gasteiger partial charge < -0.3 is 14.6 Å². The summed E-state index contributed by atoms with van der Waals surface area (Å²) < 4.78 is 9.60. The molecule has 0 saturated carbocycles. The predicted octanol–water partition coefficient (Wildman–Crippen LogP) is 2.10. The van der Waals surface area contributed by atoms with Gasteiger partial charge in [-0.1, -0.05) is 25.5 Å². The molecule has 0 saturated heterocycles. The van der Waals surface area contributed by atoms with Crippen molar-refractivity contribution < 1.29 is 24.2 Å². The maximum Gasteiger partial charge on any atom is 0.336 e. The summed E-state index contributed by atoms with van der Waals surface area (Å²) in [7, 11) is 0. The maximum atomic E-state index is 11.5. The molecule has 5 heteroatoms. The normalized spacial score (nSPS) is 13.9. The molecule has 19 heavy (non-hydrogen) atoms. The van der Waals surface area contributed by atoms with Gasteiger partial charge >= 0.3 is 11.9 Å². The van der Waals surface area contributed by atoms with Crippen molar-refractivity contribution in [3.05, 3.63) is 23.3 Å². The van der Waals surface area contributed by atoms with Gasteiger partial charge in [0.25, 0.3) is 0 Å². The summed E-state index contributed by atoms with van der Waals surface area (Å²) in [6.07, 6.45) is 3.59. The van der Waals surface area contributed by atoms with E-state index in [4.69, 9.17) is 9.84 Å². The average molecular weight is 270 g/mol. The number of aliphatic hydroxyl groups excluding tert-OH is 1. The maximum absolute atomic E-state index is 11.5. The SMILES string of the molecule is CCCCOC(=O)/C(C)=C/C=C(\C)C(=O)OC(C)O. The highest BCUT2D eigenvalue weighted by molar-refractivity contribution is 5.90. The molecule has 5 nitrogen and oxygen atoms in total. The first-order valence-corrected chi connectivity index (χ1v) is 6.29. The second kappa shape index (κ2) is 9.33. The second-order valence-corrected chi connectivity index (χ2v) is 4.19. The largest absolute Gasteiger partial charge is 0.462 e. The Morgan fingerprint density at radius 3 is 2.16 bits per heavy atom. The molecule has 0 amide bonds. The summed E-state index contributed by atoms with van der Waals surface area (Å²) in [6, 6.07) is 0. The number of allylic oxidation sites excluding steroid dienone is 2. The molecular weight excluding hydrogens is 248 g/mol. The van der Waals surface area contributed by atoms with Crippen LogP contribution in [0.3, 0.4) is 0 Å². The van der Waals surface area contributed by atoms with Crippen LogP contribution in [0, 0.1) is 0 Å². The lowest BCUT2D eigenvalue weighted by atomic mass is 10.2. The van der Waals surface area contributed by atoms with Gasteiger partial charge in [0, 0.05) is 11.1 Å². The minimum absolute atomic E-state index is 0.293. The fraction of sp³-hybridized carbons (Fsp3) is 0.571. The first-order chi connectivity index (χ1) is 8.88. The van der Waals surface area contributed by atoms with E-state index in [1.165, 1.54) is 26.0 Å². The van der Waals surface area contributed by atoms with Crippen molar-refractivity contribution >= 4 is 11.9 Å². The number of ether oxygens (including phenoxy) is 2. The number of unbranched alkanes of at least 4 members (excludes halogenated alkanes) is 1. The summed E-state index contributed by atoms with van der Waals surface area (Å²) in [5, 5.41) is 8.90. The fourth-order valence-corrected chi connectivity index (χ4v) is 1.06. The number of rotatable bonds is 7. The van der Waals surface area contributed by atoms with Crippen LogP contribution in [-0.4, -0.2) is 29.9 Å². The molecule has 108 valence electrons. The summed E-state index contributed by atoms with van der Waals surface area (Å²) in [4.78, 5) is 22.9. The van der Waals surface area contributed by atoms with E-state index >= 15 is 0 Å². The second-order valence-electron chi connectivity index (χ2n) is 4.19. The van der Waals surface area contributed by atoms with Gasteiger partial charge in [0.1, 0.15) is 0 Å². The Balaban J connectivity index is 4.42. The average Bonchev–Trinajstić information content (AvgIpc) is 2.34. The number of carbonyl (C=O) groups excluding carboxylic acids is 2. The van der Waals surface area contributed by atoms with Crippen LogP contribution in [0.15, 0.2) is 23.3 Å². The highest BCUT2D eigenvalue weighted by atomic mass is 16.6. The topological polar surface area (TPSA) is 72.8 Å². The lowest BCUT2D eigenvalue weighted by molar-refractivity contribution is -0.159. The van der Waals surface area contributed by atoms with Crippen LogP contribution < -0.4 is 0 Å². The third kappa shape index (κ3) is 8.15. The van der Waals surface area contributed by atoms with Crippen molar-refractivity contribution in [1.82, 2.24) is 0 Å². The number of carbonyl (C=O) groups is 2. The highest BCUT2D eigenvalue weighted by Crippen LogP contribution is 2.04. The minimum Gasteiger partial charge on any atom is -0.462 e. The summed E-state index contributed by atoms with van der Waals surface area (Å²) in [6.45, 7) is 6.90. The van der Waals surface area contributed by atoms with Gasteiger partial charge in [0.05, 0.1) is 6.61 Å². The van der Waals surface area contributed by atoms with Crippen LogP contribution in [0.5, 0.6) is 0 Å². The third-order valence-corrected chi connectivity index (χ3v) is 2.24. The molecule has 0 radical (unpaired) electrons. The lowest BCUT2D eigenvalue weighted by Crippen LogP contribution is -2.14. The molecule has 1 N–H and O–H groups in total. The van der Waals surface area contributed by atoms with Crippen molar-refractivity contribution in [3.63, 3.8) is 0 Å². The van der Waals surface area contributed by atoms with Crippen LogP contribution >= 0.6 is 0 Å². The predicted molar refractivity (Wildman–Crippen MR) is 71.2 cm³/mol. The molecule has 1 unspecified atom stereocenters. The van der Waals surface area contributed by atoms with Crippen LogP contribution in [0.25, 0.3) is 0 Å². The van der Waals surface area contributed by atoms with Crippen molar-refractivity contribution in [2.24, 2.45) is 0 Å². The molecule has 1 atom stereocenters. The van der Waals surface area contributed by atoms with Gasteiger partial charge in [0.15, 0.2) is 6.29 Å². The number of hydrogen-bond donors (Lipinski definition) is 1. The number of aliphatic hydroxyl groups is 1. The minimum atomic E-state index is -1.15. The van der Waals surface area contributed by atoms with Crippen LogP contribution in [0.2, 0.25) is 0 Å². The summed E-state index contributed by atoms with van der Waals surface area (Å²) in [5.41, 5.74) is 0.696. The quantitative estimate of drug-likeness (QED) is 0.252. The molecule has 0 rings (SSSR count). The zero-order valence-corrected chi connectivity index (χ0v) is 11.9. The van der Waals surface area contributed by atoms with Crippen molar-refractivity contribution in [3.8, 4) is 0 Å². The van der Waals surface area contributed by atoms with Crippen molar-refractivity contribution in [2.45, 2.75) is 46.8 Å². The number of hydrogen-bond acceptors (Lipinski definition) is 5. The fourth-order valence-electron chi connectivity index (χ4n) is 1.06. The first kappa shape index (κ1) is 17.4. The molecule has 0 aromatic heterocycles. The van der Waals surface area contributed by atoms with E-state index in [2.05, 4.69) is 4.74 Å². The van der Waals surface area contributed by atoms with Gasteiger partial charge in [-0.15, -0.1) is 0 Å². The molecule has 0 aromatic rings. The highest BCUT2D eigenvalue weighted by Gasteiger charge is 2.09. The zero-order valence-electron chi connectivity index (χ0n) is 11.9. The Kier molecular flexibility index (Phi) is 8.53. The van der Waals surface area contributed by atoms with Crippen LogP contribution in [-0.2, 0) is 19.1 Å². The first-order valence-electron chi connectivity index (χ1n) is 6.29. The van der Waals surface area contributed by atoms with Gasteiger partial charge in [-0.25, -0.2) is 9.59 Å². The Morgan fingerprint density at radius 2 is 1.68 bits per heavy atom. The van der Waals surface area contributed by atoms with E-state index in [1.807, 2.05) is 6.92 Å². The Hall–Kier alpha value is -1.62. The van der Waals surface area contributed by atoms with Crippen molar-refractivity contribution in [1.29, 1.82) is 0 Å².